The molecule has 1 fully saturated rings. The summed E-state index contributed by atoms with van der Waals surface area (Å²) < 4.78 is 10.6. The predicted octanol–water partition coefficient (Wildman–Crippen LogP) is 1.08. The number of nitrogens with one attached hydrogen (secondary N) is 1. The Balaban J connectivity index is 1.64. The van der Waals surface area contributed by atoms with Crippen LogP contribution < -0.4 is 11.1 Å². The van der Waals surface area contributed by atoms with Gasteiger partial charge in [0.25, 0.3) is 0 Å². The number of ether oxygens (including phenoxy) is 2. The molecule has 3 N–H and O–H groups in total. The number of nitrogens with two attached hydrogens (primary N) is 1. The van der Waals surface area contributed by atoms with E-state index < -0.39 is 0 Å². The number of rotatable bonds is 5. The summed E-state index contributed by atoms with van der Waals surface area (Å²) in [6.45, 7) is 1.94. The molecular weight excluding hydrogens is 244 g/mol. The van der Waals surface area contributed by atoms with Crippen molar-refractivity contribution in [2.45, 2.75) is 25.5 Å². The minimum atomic E-state index is -0.0673. The molecule has 0 spiro atoms. The van der Waals surface area contributed by atoms with Gasteiger partial charge in [0.15, 0.2) is 0 Å². The van der Waals surface area contributed by atoms with Gasteiger partial charge in [-0.3, -0.25) is 4.79 Å². The Labute approximate surface area is 113 Å². The number of carbonyl (C=O) groups excluding carboxylic acids is 1. The average molecular weight is 264 g/mol. The van der Waals surface area contributed by atoms with Gasteiger partial charge in [-0.2, -0.15) is 0 Å². The van der Waals surface area contributed by atoms with E-state index in [2.05, 4.69) is 5.32 Å². The van der Waals surface area contributed by atoms with Gasteiger partial charge in [-0.05, 0) is 30.5 Å². The van der Waals surface area contributed by atoms with Crippen LogP contribution in [0.15, 0.2) is 24.3 Å². The van der Waals surface area contributed by atoms with Gasteiger partial charge in [-0.1, -0.05) is 12.1 Å². The lowest BCUT2D eigenvalue weighted by Gasteiger charge is -2.23. The summed E-state index contributed by atoms with van der Waals surface area (Å²) in [5.41, 5.74) is 7.32. The van der Waals surface area contributed by atoms with Gasteiger partial charge in [0.1, 0.15) is 6.61 Å². The van der Waals surface area contributed by atoms with E-state index in [4.69, 9.17) is 15.2 Å². The molecule has 0 bridgehead atoms. The van der Waals surface area contributed by atoms with E-state index in [0.717, 1.165) is 37.3 Å². The van der Waals surface area contributed by atoms with Crippen LogP contribution in [0, 0.1) is 0 Å². The highest BCUT2D eigenvalue weighted by Crippen LogP contribution is 2.07. The first-order valence-electron chi connectivity index (χ1n) is 6.53. The first-order chi connectivity index (χ1) is 9.24. The molecule has 1 amide bonds. The van der Waals surface area contributed by atoms with Gasteiger partial charge in [-0.15, -0.1) is 0 Å². The summed E-state index contributed by atoms with van der Waals surface area (Å²) in [5, 5.41) is 2.95. The smallest absolute Gasteiger partial charge is 0.246 e. The lowest BCUT2D eigenvalue weighted by atomic mass is 10.1. The number of hydrogen-bond donors (Lipinski definition) is 2. The third-order valence-corrected chi connectivity index (χ3v) is 3.07. The lowest BCUT2D eigenvalue weighted by molar-refractivity contribution is -0.127. The summed E-state index contributed by atoms with van der Waals surface area (Å²) in [6.07, 6.45) is 1.76. The highest BCUT2D eigenvalue weighted by atomic mass is 16.5. The monoisotopic (exact) mass is 264 g/mol. The summed E-state index contributed by atoms with van der Waals surface area (Å²) in [5.74, 6) is -0.0673. The van der Waals surface area contributed by atoms with Gasteiger partial charge < -0.3 is 20.5 Å². The summed E-state index contributed by atoms with van der Waals surface area (Å²) >= 11 is 0. The van der Waals surface area contributed by atoms with Crippen LogP contribution in [-0.2, 0) is 20.9 Å². The Morgan fingerprint density at radius 2 is 2.00 bits per heavy atom. The summed E-state index contributed by atoms with van der Waals surface area (Å²) in [6, 6.07) is 7.65. The van der Waals surface area contributed by atoms with Crippen molar-refractivity contribution in [3.63, 3.8) is 0 Å². The largest absolute Gasteiger partial charge is 0.399 e. The van der Waals surface area contributed by atoms with Crippen molar-refractivity contribution in [1.82, 2.24) is 5.32 Å². The van der Waals surface area contributed by atoms with E-state index in [1.54, 1.807) is 0 Å². The molecule has 0 saturated carbocycles. The second-order valence-electron chi connectivity index (χ2n) is 4.69. The number of hydrogen-bond acceptors (Lipinski definition) is 4. The zero-order valence-electron chi connectivity index (χ0n) is 10.9. The van der Waals surface area contributed by atoms with Crippen LogP contribution in [0.4, 0.5) is 5.69 Å². The van der Waals surface area contributed by atoms with Crippen molar-refractivity contribution >= 4 is 11.6 Å². The quantitative estimate of drug-likeness (QED) is 0.780. The van der Waals surface area contributed by atoms with Gasteiger partial charge in [0.2, 0.25) is 5.91 Å². The van der Waals surface area contributed by atoms with Crippen LogP contribution in [-0.4, -0.2) is 31.8 Å². The van der Waals surface area contributed by atoms with Gasteiger partial charge >= 0.3 is 0 Å². The molecule has 1 heterocycles. The topological polar surface area (TPSA) is 73.6 Å². The molecule has 0 unspecified atom stereocenters. The molecule has 1 aromatic carbocycles. The van der Waals surface area contributed by atoms with E-state index in [0.29, 0.717) is 6.61 Å². The maximum absolute atomic E-state index is 11.7. The molecule has 1 aliphatic heterocycles. The van der Waals surface area contributed by atoms with Crippen LogP contribution in [0.5, 0.6) is 0 Å². The Bertz CT molecular complexity index is 400. The van der Waals surface area contributed by atoms with Crippen LogP contribution in [0.25, 0.3) is 0 Å². The van der Waals surface area contributed by atoms with Crippen molar-refractivity contribution in [2.24, 2.45) is 0 Å². The third kappa shape index (κ3) is 4.89. The SMILES string of the molecule is Nc1ccc(COCC(=O)NC2CCOCC2)cc1. The van der Waals surface area contributed by atoms with Crippen molar-refractivity contribution in [2.75, 3.05) is 25.6 Å². The second kappa shape index (κ2) is 7.11. The van der Waals surface area contributed by atoms with E-state index in [-0.39, 0.29) is 18.6 Å². The Hall–Kier alpha value is -1.59. The first kappa shape index (κ1) is 13.8. The highest BCUT2D eigenvalue weighted by Gasteiger charge is 2.15. The standard InChI is InChI=1S/C14H20N2O3/c15-12-3-1-11(2-4-12)9-19-10-14(17)16-13-5-7-18-8-6-13/h1-4,13H,5-10,15H2,(H,16,17). The Morgan fingerprint density at radius 3 is 2.68 bits per heavy atom. The van der Waals surface area contributed by atoms with Gasteiger partial charge in [-0.25, -0.2) is 0 Å². The lowest BCUT2D eigenvalue weighted by Crippen LogP contribution is -2.40. The summed E-state index contributed by atoms with van der Waals surface area (Å²) in [7, 11) is 0. The van der Waals surface area contributed by atoms with Crippen molar-refractivity contribution < 1.29 is 14.3 Å². The van der Waals surface area contributed by atoms with Crippen molar-refractivity contribution in [3.8, 4) is 0 Å². The first-order valence-corrected chi connectivity index (χ1v) is 6.53. The molecule has 0 radical (unpaired) electrons. The van der Waals surface area contributed by atoms with Crippen LogP contribution in [0.2, 0.25) is 0 Å². The third-order valence-electron chi connectivity index (χ3n) is 3.07. The molecule has 0 aromatic heterocycles. The average Bonchev–Trinajstić information content (AvgIpc) is 2.42. The number of anilines is 1. The Morgan fingerprint density at radius 1 is 1.32 bits per heavy atom. The predicted molar refractivity (Wildman–Crippen MR) is 72.5 cm³/mol. The fourth-order valence-electron chi connectivity index (χ4n) is 1.99. The normalized spacial score (nSPS) is 16.2. The molecule has 0 atom stereocenters. The molecule has 5 heteroatoms. The molecule has 19 heavy (non-hydrogen) atoms. The zero-order chi connectivity index (χ0) is 13.5. The van der Waals surface area contributed by atoms with Crippen molar-refractivity contribution in [1.29, 1.82) is 0 Å². The number of nitrogen functional groups attached to an aromatic ring is 1. The van der Waals surface area contributed by atoms with Crippen molar-refractivity contribution in [3.05, 3.63) is 29.8 Å². The number of carbonyl (C=O) groups is 1. The molecule has 104 valence electrons. The fourth-order valence-corrected chi connectivity index (χ4v) is 1.99. The maximum Gasteiger partial charge on any atom is 0.246 e. The van der Waals surface area contributed by atoms with E-state index in [1.807, 2.05) is 24.3 Å². The highest BCUT2D eigenvalue weighted by molar-refractivity contribution is 5.77. The van der Waals surface area contributed by atoms with Crippen LogP contribution in [0.3, 0.4) is 0 Å². The summed E-state index contributed by atoms with van der Waals surface area (Å²) in [4.78, 5) is 11.7. The molecule has 1 saturated heterocycles. The fraction of sp³-hybridized carbons (Fsp3) is 0.500. The Kier molecular flexibility index (Phi) is 5.18. The minimum Gasteiger partial charge on any atom is -0.399 e. The van der Waals surface area contributed by atoms with Crippen LogP contribution >= 0.6 is 0 Å². The maximum atomic E-state index is 11.7. The number of amides is 1. The molecule has 0 aliphatic carbocycles. The van der Waals surface area contributed by atoms with E-state index in [9.17, 15) is 4.79 Å². The molecule has 2 rings (SSSR count). The van der Waals surface area contributed by atoms with Gasteiger partial charge in [0, 0.05) is 24.9 Å². The van der Waals surface area contributed by atoms with E-state index in [1.165, 1.54) is 0 Å². The van der Waals surface area contributed by atoms with Gasteiger partial charge in [0.05, 0.1) is 6.61 Å². The zero-order valence-corrected chi connectivity index (χ0v) is 10.9. The van der Waals surface area contributed by atoms with Crippen LogP contribution in [0.1, 0.15) is 18.4 Å². The number of benzene rings is 1. The molecule has 5 nitrogen and oxygen atoms in total. The minimum absolute atomic E-state index is 0.0673. The molecular formula is C14H20N2O3. The second-order valence-corrected chi connectivity index (χ2v) is 4.69. The molecule has 1 aromatic rings. The molecule has 1 aliphatic rings. The van der Waals surface area contributed by atoms with E-state index >= 15 is 0 Å².